The van der Waals surface area contributed by atoms with E-state index in [1.165, 1.54) is 25.3 Å². The number of hydrogen-bond acceptors (Lipinski definition) is 9. The second-order valence-corrected chi connectivity index (χ2v) is 8.08. The minimum absolute atomic E-state index is 0.0595. The highest BCUT2D eigenvalue weighted by atomic mass is 16.6. The van der Waals surface area contributed by atoms with E-state index in [0.29, 0.717) is 29.1 Å². The molecular formula is C26H28N2O8. The van der Waals surface area contributed by atoms with Crippen LogP contribution in [0.2, 0.25) is 0 Å². The van der Waals surface area contributed by atoms with Crippen LogP contribution in [-0.4, -0.2) is 48.9 Å². The average Bonchev–Trinajstić information content (AvgIpc) is 2.86. The van der Waals surface area contributed by atoms with Crippen LogP contribution in [-0.2, 0) is 25.5 Å². The molecule has 10 nitrogen and oxygen atoms in total. The van der Waals surface area contributed by atoms with E-state index in [4.69, 9.17) is 19.3 Å². The van der Waals surface area contributed by atoms with Gasteiger partial charge in [-0.1, -0.05) is 24.3 Å². The molecule has 2 aromatic carbocycles. The number of nitrogens with one attached hydrogen (secondary N) is 1. The number of carbonyl (C=O) groups is 2. The summed E-state index contributed by atoms with van der Waals surface area (Å²) < 4.78 is 16.0. The fourth-order valence-electron chi connectivity index (χ4n) is 4.05. The Labute approximate surface area is 208 Å². The highest BCUT2D eigenvalue weighted by molar-refractivity contribution is 5.99. The number of rotatable bonds is 10. The molecule has 36 heavy (non-hydrogen) atoms. The van der Waals surface area contributed by atoms with E-state index in [-0.39, 0.29) is 36.7 Å². The maximum absolute atomic E-state index is 13.2. The highest BCUT2D eigenvalue weighted by Crippen LogP contribution is 2.40. The van der Waals surface area contributed by atoms with Gasteiger partial charge in [0.25, 0.3) is 5.69 Å². The Hall–Kier alpha value is -4.18. The van der Waals surface area contributed by atoms with Crippen molar-refractivity contribution < 1.29 is 33.8 Å². The second-order valence-electron chi connectivity index (χ2n) is 8.08. The molecule has 1 aliphatic heterocycles. The van der Waals surface area contributed by atoms with Crippen molar-refractivity contribution in [1.29, 1.82) is 0 Å². The Morgan fingerprint density at radius 1 is 1.03 bits per heavy atom. The normalized spacial score (nSPS) is 15.3. The molecule has 0 aliphatic carbocycles. The van der Waals surface area contributed by atoms with E-state index in [9.17, 15) is 19.7 Å². The molecule has 0 fully saturated rings. The largest absolute Gasteiger partial charge is 0.490 e. The van der Waals surface area contributed by atoms with E-state index in [2.05, 4.69) is 5.32 Å². The summed E-state index contributed by atoms with van der Waals surface area (Å²) in [5.74, 6) is -1.69. The number of benzene rings is 2. The number of nitrogens with zero attached hydrogens (tertiary/aromatic N) is 1. The van der Waals surface area contributed by atoms with Crippen molar-refractivity contribution in [3.8, 4) is 5.75 Å². The van der Waals surface area contributed by atoms with Crippen molar-refractivity contribution in [2.24, 2.45) is 0 Å². The molecule has 1 atom stereocenters. The highest BCUT2D eigenvalue weighted by Gasteiger charge is 2.38. The molecule has 3 rings (SSSR count). The first kappa shape index (κ1) is 26.4. The van der Waals surface area contributed by atoms with Gasteiger partial charge in [0, 0.05) is 30.1 Å². The quantitative estimate of drug-likeness (QED) is 0.220. The summed E-state index contributed by atoms with van der Waals surface area (Å²) in [6, 6.07) is 13.0. The summed E-state index contributed by atoms with van der Waals surface area (Å²) in [6.45, 7) is 3.42. The van der Waals surface area contributed by atoms with Gasteiger partial charge in [0.2, 0.25) is 0 Å². The summed E-state index contributed by atoms with van der Waals surface area (Å²) in [6.07, 6.45) is 0.549. The number of allylic oxidation sites excluding steroid dienone is 2. The molecule has 0 saturated heterocycles. The summed E-state index contributed by atoms with van der Waals surface area (Å²) in [5.41, 5.74) is 2.43. The Kier molecular flexibility index (Phi) is 8.80. The van der Waals surface area contributed by atoms with Gasteiger partial charge < -0.3 is 24.6 Å². The van der Waals surface area contributed by atoms with Gasteiger partial charge in [0.15, 0.2) is 0 Å². The first-order chi connectivity index (χ1) is 17.3. The number of ether oxygens (including phenoxy) is 3. The van der Waals surface area contributed by atoms with Crippen molar-refractivity contribution in [2.75, 3.05) is 26.9 Å². The Morgan fingerprint density at radius 2 is 1.69 bits per heavy atom. The van der Waals surface area contributed by atoms with Gasteiger partial charge in [0.05, 0.1) is 29.1 Å². The minimum atomic E-state index is -0.925. The molecule has 0 radical (unpaired) electrons. The number of carbonyl (C=O) groups excluding carboxylic acids is 2. The number of non-ortho nitro benzene ring substituents is 1. The Morgan fingerprint density at radius 3 is 2.31 bits per heavy atom. The van der Waals surface area contributed by atoms with Crippen LogP contribution < -0.4 is 10.1 Å². The van der Waals surface area contributed by atoms with E-state index in [1.807, 2.05) is 12.1 Å². The fourth-order valence-corrected chi connectivity index (χ4v) is 4.05. The average molecular weight is 497 g/mol. The molecule has 0 unspecified atom stereocenters. The number of aliphatic hydroxyl groups is 1. The molecule has 1 heterocycles. The molecular weight excluding hydrogens is 468 g/mol. The molecule has 0 amide bonds. The van der Waals surface area contributed by atoms with Gasteiger partial charge in [-0.25, -0.2) is 9.59 Å². The van der Waals surface area contributed by atoms with Crippen LogP contribution in [0, 0.1) is 10.1 Å². The minimum Gasteiger partial charge on any atom is -0.490 e. The molecule has 0 spiro atoms. The molecule has 190 valence electrons. The smallest absolute Gasteiger partial charge is 0.336 e. The SMILES string of the molecule is COC(=O)C1=C(C)NC(C)=C(C(=O)OCCOc2ccc(CCO)cc2)[C@H]1c1cccc([N+](=O)[O-])c1. The van der Waals surface area contributed by atoms with Gasteiger partial charge in [-0.15, -0.1) is 0 Å². The number of esters is 2. The topological polar surface area (TPSA) is 137 Å². The van der Waals surface area contributed by atoms with Crippen LogP contribution in [0.4, 0.5) is 5.69 Å². The van der Waals surface area contributed by atoms with Crippen molar-refractivity contribution in [3.63, 3.8) is 0 Å². The number of nitro groups is 1. The van der Waals surface area contributed by atoms with Crippen molar-refractivity contribution in [1.82, 2.24) is 5.32 Å². The van der Waals surface area contributed by atoms with Crippen LogP contribution in [0.15, 0.2) is 71.1 Å². The van der Waals surface area contributed by atoms with Crippen LogP contribution in [0.25, 0.3) is 0 Å². The third-order valence-electron chi connectivity index (χ3n) is 5.71. The number of methoxy groups -OCH3 is 1. The zero-order valence-electron chi connectivity index (χ0n) is 20.3. The zero-order valence-corrected chi connectivity index (χ0v) is 20.3. The summed E-state index contributed by atoms with van der Waals surface area (Å²) in [4.78, 5) is 36.7. The number of nitro benzene ring substituents is 1. The summed E-state index contributed by atoms with van der Waals surface area (Å²) in [5, 5.41) is 23.4. The lowest BCUT2D eigenvalue weighted by atomic mass is 9.80. The second kappa shape index (κ2) is 12.0. The third-order valence-corrected chi connectivity index (χ3v) is 5.71. The predicted molar refractivity (Wildman–Crippen MR) is 130 cm³/mol. The van der Waals surface area contributed by atoms with Gasteiger partial charge in [-0.05, 0) is 43.5 Å². The number of dihydropyridines is 1. The van der Waals surface area contributed by atoms with Gasteiger partial charge in [0.1, 0.15) is 19.0 Å². The van der Waals surface area contributed by atoms with Crippen molar-refractivity contribution in [3.05, 3.63) is 92.3 Å². The van der Waals surface area contributed by atoms with Crippen molar-refractivity contribution in [2.45, 2.75) is 26.2 Å². The Balaban J connectivity index is 1.80. The lowest BCUT2D eigenvalue weighted by Crippen LogP contribution is -2.32. The van der Waals surface area contributed by atoms with E-state index in [0.717, 1.165) is 5.56 Å². The zero-order chi connectivity index (χ0) is 26.2. The van der Waals surface area contributed by atoms with E-state index < -0.39 is 22.8 Å². The van der Waals surface area contributed by atoms with Gasteiger partial charge >= 0.3 is 11.9 Å². The van der Waals surface area contributed by atoms with Crippen LogP contribution in [0.5, 0.6) is 5.75 Å². The lowest BCUT2D eigenvalue weighted by molar-refractivity contribution is -0.384. The molecule has 0 saturated carbocycles. The number of hydrogen-bond donors (Lipinski definition) is 2. The van der Waals surface area contributed by atoms with Crippen molar-refractivity contribution >= 4 is 17.6 Å². The van der Waals surface area contributed by atoms with Gasteiger partial charge in [-0.3, -0.25) is 10.1 Å². The molecule has 10 heteroatoms. The van der Waals surface area contributed by atoms with Crippen LogP contribution in [0.1, 0.15) is 30.9 Å². The summed E-state index contributed by atoms with van der Waals surface area (Å²) in [7, 11) is 1.23. The third kappa shape index (κ3) is 6.08. The first-order valence-corrected chi connectivity index (χ1v) is 11.3. The lowest BCUT2D eigenvalue weighted by Gasteiger charge is -2.30. The van der Waals surface area contributed by atoms with Crippen LogP contribution >= 0.6 is 0 Å². The predicted octanol–water partition coefficient (Wildman–Crippen LogP) is 3.16. The van der Waals surface area contributed by atoms with Crippen LogP contribution in [0.3, 0.4) is 0 Å². The number of aliphatic hydroxyl groups excluding tert-OH is 1. The molecule has 0 aromatic heterocycles. The van der Waals surface area contributed by atoms with Gasteiger partial charge in [-0.2, -0.15) is 0 Å². The molecule has 2 N–H and O–H groups in total. The molecule has 2 aromatic rings. The Bertz CT molecular complexity index is 1200. The maximum atomic E-state index is 13.2. The summed E-state index contributed by atoms with van der Waals surface area (Å²) >= 11 is 0. The monoisotopic (exact) mass is 496 g/mol. The molecule has 0 bridgehead atoms. The van der Waals surface area contributed by atoms with E-state index >= 15 is 0 Å². The fraction of sp³-hybridized carbons (Fsp3) is 0.308. The standard InChI is InChI=1S/C26H28N2O8/c1-16-22(25(30)34-3)24(19-5-4-6-20(15-19)28(32)33)23(17(2)27-16)26(31)36-14-13-35-21-9-7-18(8-10-21)11-12-29/h4-10,15,24,27,29H,11-14H2,1-3H3/t24-/m0/s1. The first-order valence-electron chi connectivity index (χ1n) is 11.3. The van der Waals surface area contributed by atoms with E-state index in [1.54, 1.807) is 32.0 Å². The molecule has 1 aliphatic rings. The maximum Gasteiger partial charge on any atom is 0.336 e.